The fourth-order valence-electron chi connectivity index (χ4n) is 4.00. The number of pyridine rings is 1. The summed E-state index contributed by atoms with van der Waals surface area (Å²) in [4.78, 5) is 31.8. The van der Waals surface area contributed by atoms with Crippen molar-refractivity contribution in [2.75, 3.05) is 56.1 Å². The second kappa shape index (κ2) is 11.1. The number of amides is 2. The Kier molecular flexibility index (Phi) is 7.67. The number of aryl methyl sites for hydroxylation is 1. The van der Waals surface area contributed by atoms with Crippen LogP contribution >= 0.6 is 0 Å². The van der Waals surface area contributed by atoms with Crippen LogP contribution in [0.1, 0.15) is 18.4 Å². The molecule has 0 bridgehead atoms. The number of carbonyl (C=O) groups is 2. The van der Waals surface area contributed by atoms with Gasteiger partial charge in [-0.1, -0.05) is 0 Å². The number of benzene rings is 2. The Hall–Kier alpha value is -3.85. The lowest BCUT2D eigenvalue weighted by Crippen LogP contribution is -2.36. The van der Waals surface area contributed by atoms with E-state index in [1.165, 1.54) is 7.11 Å². The maximum atomic E-state index is 12.5. The van der Waals surface area contributed by atoms with Crippen LogP contribution in [0.25, 0.3) is 10.9 Å². The van der Waals surface area contributed by atoms with Crippen LogP contribution in [-0.2, 0) is 14.3 Å². The van der Waals surface area contributed by atoms with Gasteiger partial charge in [0.2, 0.25) is 11.8 Å². The molecular weight excluding hydrogens is 448 g/mol. The number of hydrogen-bond donors (Lipinski definition) is 2. The number of morpholine rings is 1. The average Bonchev–Trinajstić information content (AvgIpc) is 2.88. The SMILES string of the molecule is COc1ccc(NC(=O)CCC(=O)Nc2ccc3nc(N4CCOCC4)cc(C)c3c2)cc1OC. The minimum Gasteiger partial charge on any atom is -0.493 e. The zero-order valence-electron chi connectivity index (χ0n) is 20.2. The molecule has 0 aliphatic carbocycles. The minimum absolute atomic E-state index is 0.0528. The van der Waals surface area contributed by atoms with Crippen LogP contribution in [0.2, 0.25) is 0 Å². The lowest BCUT2D eigenvalue weighted by atomic mass is 10.1. The van der Waals surface area contributed by atoms with E-state index >= 15 is 0 Å². The van der Waals surface area contributed by atoms with Gasteiger partial charge in [-0.2, -0.15) is 0 Å². The molecule has 1 aromatic heterocycles. The van der Waals surface area contributed by atoms with E-state index in [1.807, 2.05) is 25.1 Å². The molecule has 3 aromatic rings. The second-order valence-electron chi connectivity index (χ2n) is 8.29. The van der Waals surface area contributed by atoms with Crippen molar-refractivity contribution in [2.45, 2.75) is 19.8 Å². The number of hydrogen-bond acceptors (Lipinski definition) is 7. The Morgan fingerprint density at radius 1 is 0.914 bits per heavy atom. The van der Waals surface area contributed by atoms with E-state index in [2.05, 4.69) is 21.6 Å². The fourth-order valence-corrected chi connectivity index (χ4v) is 4.00. The molecule has 1 aliphatic rings. The summed E-state index contributed by atoms with van der Waals surface area (Å²) in [6.45, 7) is 5.10. The van der Waals surface area contributed by atoms with Gasteiger partial charge < -0.3 is 29.7 Å². The first-order chi connectivity index (χ1) is 17.0. The molecule has 0 atom stereocenters. The van der Waals surface area contributed by atoms with Gasteiger partial charge in [0.15, 0.2) is 11.5 Å². The molecule has 184 valence electrons. The highest BCUT2D eigenvalue weighted by molar-refractivity contribution is 5.98. The van der Waals surface area contributed by atoms with E-state index in [-0.39, 0.29) is 24.7 Å². The molecule has 9 heteroatoms. The molecule has 1 fully saturated rings. The Balaban J connectivity index is 1.34. The summed E-state index contributed by atoms with van der Waals surface area (Å²) in [5.74, 6) is 1.53. The number of methoxy groups -OCH3 is 2. The quantitative estimate of drug-likeness (QED) is 0.508. The van der Waals surface area contributed by atoms with Crippen LogP contribution in [0.15, 0.2) is 42.5 Å². The van der Waals surface area contributed by atoms with E-state index in [4.69, 9.17) is 19.2 Å². The van der Waals surface area contributed by atoms with Gasteiger partial charge in [0.1, 0.15) is 5.82 Å². The maximum absolute atomic E-state index is 12.5. The first kappa shape index (κ1) is 24.3. The highest BCUT2D eigenvalue weighted by Gasteiger charge is 2.15. The molecule has 2 amide bonds. The van der Waals surface area contributed by atoms with Crippen molar-refractivity contribution >= 4 is 39.9 Å². The van der Waals surface area contributed by atoms with E-state index < -0.39 is 0 Å². The molecule has 0 radical (unpaired) electrons. The van der Waals surface area contributed by atoms with Crippen LogP contribution in [0.5, 0.6) is 11.5 Å². The first-order valence-electron chi connectivity index (χ1n) is 11.5. The number of anilines is 3. The van der Waals surface area contributed by atoms with Gasteiger partial charge in [-0.05, 0) is 48.9 Å². The molecule has 35 heavy (non-hydrogen) atoms. The summed E-state index contributed by atoms with van der Waals surface area (Å²) in [7, 11) is 3.08. The Bertz CT molecular complexity index is 1220. The number of fused-ring (bicyclic) bond motifs is 1. The van der Waals surface area contributed by atoms with Gasteiger partial charge in [0.05, 0.1) is 33.0 Å². The molecule has 2 aromatic carbocycles. The molecule has 4 rings (SSSR count). The smallest absolute Gasteiger partial charge is 0.224 e. The molecule has 0 spiro atoms. The lowest BCUT2D eigenvalue weighted by molar-refractivity contribution is -0.121. The number of rotatable bonds is 8. The van der Waals surface area contributed by atoms with E-state index in [0.29, 0.717) is 36.1 Å². The fraction of sp³-hybridized carbons (Fsp3) is 0.346. The Morgan fingerprint density at radius 3 is 2.20 bits per heavy atom. The van der Waals surface area contributed by atoms with Gasteiger partial charge in [0, 0.05) is 48.8 Å². The van der Waals surface area contributed by atoms with E-state index in [0.717, 1.165) is 35.4 Å². The van der Waals surface area contributed by atoms with Gasteiger partial charge in [-0.15, -0.1) is 0 Å². The van der Waals surface area contributed by atoms with E-state index in [1.54, 1.807) is 25.3 Å². The van der Waals surface area contributed by atoms with Crippen molar-refractivity contribution in [3.63, 3.8) is 0 Å². The molecule has 9 nitrogen and oxygen atoms in total. The predicted molar refractivity (Wildman–Crippen MR) is 136 cm³/mol. The van der Waals surface area contributed by atoms with Crippen molar-refractivity contribution in [1.82, 2.24) is 4.98 Å². The second-order valence-corrected chi connectivity index (χ2v) is 8.29. The summed E-state index contributed by atoms with van der Waals surface area (Å²) in [5.41, 5.74) is 3.20. The van der Waals surface area contributed by atoms with Crippen LogP contribution < -0.4 is 25.0 Å². The number of nitrogens with one attached hydrogen (secondary N) is 2. The lowest BCUT2D eigenvalue weighted by Gasteiger charge is -2.28. The molecule has 1 saturated heterocycles. The van der Waals surface area contributed by atoms with Crippen LogP contribution in [0.4, 0.5) is 17.2 Å². The zero-order chi connectivity index (χ0) is 24.8. The number of nitrogens with zero attached hydrogens (tertiary/aromatic N) is 2. The summed E-state index contributed by atoms with van der Waals surface area (Å²) in [6, 6.07) is 12.8. The molecule has 2 heterocycles. The van der Waals surface area contributed by atoms with Crippen LogP contribution in [-0.4, -0.2) is 57.3 Å². The topological polar surface area (TPSA) is 102 Å². The maximum Gasteiger partial charge on any atom is 0.224 e. The monoisotopic (exact) mass is 478 g/mol. The summed E-state index contributed by atoms with van der Waals surface area (Å²) in [5, 5.41) is 6.64. The standard InChI is InChI=1S/C26H30N4O5/c1-17-14-24(30-10-12-35-13-11-30)29-21-6-4-18(15-20(17)21)27-25(31)8-9-26(32)28-19-5-7-22(33-2)23(16-19)34-3/h4-7,14-16H,8-13H2,1-3H3,(H,27,31)(H,28,32). The average molecular weight is 479 g/mol. The minimum atomic E-state index is -0.262. The third-order valence-corrected chi connectivity index (χ3v) is 5.87. The number of carbonyl (C=O) groups excluding carboxylic acids is 2. The summed E-state index contributed by atoms with van der Waals surface area (Å²) < 4.78 is 15.9. The Morgan fingerprint density at radius 2 is 1.54 bits per heavy atom. The van der Waals surface area contributed by atoms with E-state index in [9.17, 15) is 9.59 Å². The molecule has 1 aliphatic heterocycles. The normalized spacial score (nSPS) is 13.4. The van der Waals surface area contributed by atoms with Crippen molar-refractivity contribution in [1.29, 1.82) is 0 Å². The van der Waals surface area contributed by atoms with Crippen molar-refractivity contribution in [3.8, 4) is 11.5 Å². The highest BCUT2D eigenvalue weighted by Crippen LogP contribution is 2.30. The van der Waals surface area contributed by atoms with Crippen molar-refractivity contribution in [2.24, 2.45) is 0 Å². The molecular formula is C26H30N4O5. The third-order valence-electron chi connectivity index (χ3n) is 5.87. The van der Waals surface area contributed by atoms with Crippen LogP contribution in [0, 0.1) is 6.92 Å². The summed E-state index contributed by atoms with van der Waals surface area (Å²) in [6.07, 6.45) is 0.113. The number of aromatic nitrogens is 1. The van der Waals surface area contributed by atoms with Gasteiger partial charge in [0.25, 0.3) is 0 Å². The third kappa shape index (κ3) is 5.99. The number of ether oxygens (including phenoxy) is 3. The van der Waals surface area contributed by atoms with Crippen molar-refractivity contribution < 1.29 is 23.8 Å². The molecule has 2 N–H and O–H groups in total. The van der Waals surface area contributed by atoms with Gasteiger partial charge in [-0.25, -0.2) is 4.98 Å². The van der Waals surface area contributed by atoms with Crippen LogP contribution in [0.3, 0.4) is 0 Å². The Labute approximate surface area is 204 Å². The van der Waals surface area contributed by atoms with Gasteiger partial charge in [-0.3, -0.25) is 9.59 Å². The zero-order valence-corrected chi connectivity index (χ0v) is 20.2. The first-order valence-corrected chi connectivity index (χ1v) is 11.5. The molecule has 0 unspecified atom stereocenters. The molecule has 0 saturated carbocycles. The summed E-state index contributed by atoms with van der Waals surface area (Å²) >= 11 is 0. The largest absolute Gasteiger partial charge is 0.493 e. The van der Waals surface area contributed by atoms with Crippen molar-refractivity contribution in [3.05, 3.63) is 48.0 Å². The highest BCUT2D eigenvalue weighted by atomic mass is 16.5. The predicted octanol–water partition coefficient (Wildman–Crippen LogP) is 3.75. The van der Waals surface area contributed by atoms with Gasteiger partial charge >= 0.3 is 0 Å².